The normalized spacial score (nSPS) is 18.2. The summed E-state index contributed by atoms with van der Waals surface area (Å²) >= 11 is 0. The van der Waals surface area contributed by atoms with Crippen LogP contribution in [0.3, 0.4) is 0 Å². The van der Waals surface area contributed by atoms with Crippen molar-refractivity contribution < 1.29 is 14.3 Å². The summed E-state index contributed by atoms with van der Waals surface area (Å²) in [6.45, 7) is 1.88. The van der Waals surface area contributed by atoms with E-state index in [0.29, 0.717) is 30.2 Å². The Morgan fingerprint density at radius 1 is 1.00 bits per heavy atom. The molecule has 150 valence electrons. The molecule has 5 heteroatoms. The lowest BCUT2D eigenvalue weighted by atomic mass is 10.0. The number of hydrogen-bond acceptors (Lipinski definition) is 4. The third kappa shape index (κ3) is 3.67. The zero-order valence-corrected chi connectivity index (χ0v) is 16.4. The van der Waals surface area contributed by atoms with Gasteiger partial charge in [0.2, 0.25) is 0 Å². The largest absolute Gasteiger partial charge is 0.486 e. The molecule has 2 aliphatic heterocycles. The molecule has 1 unspecified atom stereocenters. The fourth-order valence-corrected chi connectivity index (χ4v) is 3.78. The molecule has 0 spiro atoms. The van der Waals surface area contributed by atoms with E-state index < -0.39 is 0 Å². The summed E-state index contributed by atoms with van der Waals surface area (Å²) in [6, 6.07) is 23.8. The molecule has 0 saturated carbocycles. The van der Waals surface area contributed by atoms with Gasteiger partial charge in [0.25, 0.3) is 5.91 Å². The maximum Gasteiger partial charge on any atom is 0.256 e. The van der Waals surface area contributed by atoms with Gasteiger partial charge < -0.3 is 20.1 Å². The van der Waals surface area contributed by atoms with Crippen LogP contribution in [0.1, 0.15) is 16.7 Å². The number of nitrogens with one attached hydrogen (secondary N) is 2. The lowest BCUT2D eigenvalue weighted by Gasteiger charge is -2.28. The molecule has 0 aromatic heterocycles. The van der Waals surface area contributed by atoms with Crippen molar-refractivity contribution in [1.29, 1.82) is 0 Å². The molecule has 3 aromatic rings. The van der Waals surface area contributed by atoms with E-state index in [4.69, 9.17) is 9.47 Å². The molecular formula is C25H22N2O3. The van der Waals surface area contributed by atoms with Gasteiger partial charge in [0, 0.05) is 13.1 Å². The van der Waals surface area contributed by atoms with Crippen molar-refractivity contribution in [2.75, 3.05) is 18.5 Å². The predicted octanol–water partition coefficient (Wildman–Crippen LogP) is 4.11. The van der Waals surface area contributed by atoms with Crippen LogP contribution in [-0.2, 0) is 11.3 Å². The highest BCUT2D eigenvalue weighted by Gasteiger charge is 2.33. The maximum absolute atomic E-state index is 12.6. The number of carbonyl (C=O) groups excluding carboxylic acids is 1. The smallest absolute Gasteiger partial charge is 0.256 e. The summed E-state index contributed by atoms with van der Waals surface area (Å²) in [6.07, 6.45) is 1.75. The third-order valence-electron chi connectivity index (χ3n) is 5.25. The molecule has 1 atom stereocenters. The van der Waals surface area contributed by atoms with Gasteiger partial charge >= 0.3 is 0 Å². The Bertz CT molecular complexity index is 1090. The lowest BCUT2D eigenvalue weighted by molar-refractivity contribution is -0.110. The van der Waals surface area contributed by atoms with E-state index in [1.807, 2.05) is 66.7 Å². The van der Waals surface area contributed by atoms with Crippen LogP contribution in [0, 0.1) is 0 Å². The number of benzene rings is 3. The van der Waals surface area contributed by atoms with Gasteiger partial charge in [0.05, 0.1) is 16.8 Å². The SMILES string of the molecule is O=C1Nc2ccc3c(c2/C1=C/c1ccccc1)OC(CNCc1ccccc1)CO3. The first-order chi connectivity index (χ1) is 14.8. The van der Waals surface area contributed by atoms with Gasteiger partial charge in [0.1, 0.15) is 12.7 Å². The van der Waals surface area contributed by atoms with Crippen molar-refractivity contribution in [3.05, 3.63) is 89.5 Å². The second kappa shape index (κ2) is 8.05. The highest BCUT2D eigenvalue weighted by Crippen LogP contribution is 2.46. The van der Waals surface area contributed by atoms with Crippen molar-refractivity contribution in [3.63, 3.8) is 0 Å². The monoisotopic (exact) mass is 398 g/mol. The van der Waals surface area contributed by atoms with Crippen molar-refractivity contribution in [1.82, 2.24) is 5.32 Å². The summed E-state index contributed by atoms with van der Waals surface area (Å²) < 4.78 is 12.3. The summed E-state index contributed by atoms with van der Waals surface area (Å²) in [7, 11) is 0. The molecular weight excluding hydrogens is 376 g/mol. The molecule has 0 radical (unpaired) electrons. The molecule has 30 heavy (non-hydrogen) atoms. The van der Waals surface area contributed by atoms with Gasteiger partial charge in [-0.15, -0.1) is 0 Å². The Kier molecular flexibility index (Phi) is 4.95. The highest BCUT2D eigenvalue weighted by atomic mass is 16.6. The fraction of sp³-hybridized carbons (Fsp3) is 0.160. The van der Waals surface area contributed by atoms with E-state index in [9.17, 15) is 4.79 Å². The second-order valence-corrected chi connectivity index (χ2v) is 7.41. The molecule has 5 rings (SSSR count). The zero-order valence-electron chi connectivity index (χ0n) is 16.4. The molecule has 0 aliphatic carbocycles. The van der Waals surface area contributed by atoms with Crippen LogP contribution in [-0.4, -0.2) is 25.2 Å². The molecule has 2 aliphatic rings. The van der Waals surface area contributed by atoms with E-state index in [2.05, 4.69) is 22.8 Å². The fourth-order valence-electron chi connectivity index (χ4n) is 3.78. The van der Waals surface area contributed by atoms with Crippen LogP contribution in [0.5, 0.6) is 11.5 Å². The number of ether oxygens (including phenoxy) is 2. The van der Waals surface area contributed by atoms with Crippen molar-refractivity contribution in [2.45, 2.75) is 12.6 Å². The van der Waals surface area contributed by atoms with Crippen LogP contribution in [0.4, 0.5) is 5.69 Å². The predicted molar refractivity (Wildman–Crippen MR) is 117 cm³/mol. The van der Waals surface area contributed by atoms with Gasteiger partial charge in [-0.1, -0.05) is 60.7 Å². The number of rotatable bonds is 5. The molecule has 1 amide bonds. The summed E-state index contributed by atoms with van der Waals surface area (Å²) in [4.78, 5) is 12.6. The Morgan fingerprint density at radius 3 is 2.57 bits per heavy atom. The minimum atomic E-state index is -0.138. The molecule has 5 nitrogen and oxygen atoms in total. The van der Waals surface area contributed by atoms with E-state index >= 15 is 0 Å². The molecule has 0 bridgehead atoms. The summed E-state index contributed by atoms with van der Waals surface area (Å²) in [5.41, 5.74) is 4.30. The molecule has 0 fully saturated rings. The first-order valence-corrected chi connectivity index (χ1v) is 10.1. The first kappa shape index (κ1) is 18.5. The standard InChI is InChI=1S/C25H22N2O3/c28-25-20(13-17-7-3-1-4-8-17)23-21(27-25)11-12-22-24(23)30-19(16-29-22)15-26-14-18-9-5-2-6-10-18/h1-13,19,26H,14-16H2,(H,27,28)/b20-13-. The molecule has 0 saturated heterocycles. The second-order valence-electron chi connectivity index (χ2n) is 7.41. The van der Waals surface area contributed by atoms with Crippen molar-refractivity contribution in [2.24, 2.45) is 0 Å². The van der Waals surface area contributed by atoms with Gasteiger partial charge in [-0.05, 0) is 29.3 Å². The maximum atomic E-state index is 12.6. The molecule has 3 aromatic carbocycles. The Morgan fingerprint density at radius 2 is 1.77 bits per heavy atom. The number of hydrogen-bond donors (Lipinski definition) is 2. The van der Waals surface area contributed by atoms with Gasteiger partial charge in [-0.2, -0.15) is 0 Å². The lowest BCUT2D eigenvalue weighted by Crippen LogP contribution is -2.38. The Hall–Kier alpha value is -3.57. The average molecular weight is 398 g/mol. The Balaban J connectivity index is 1.38. The topological polar surface area (TPSA) is 59.6 Å². The van der Waals surface area contributed by atoms with Crippen LogP contribution in [0.2, 0.25) is 0 Å². The highest BCUT2D eigenvalue weighted by molar-refractivity contribution is 6.35. The van der Waals surface area contributed by atoms with Crippen LogP contribution >= 0.6 is 0 Å². The van der Waals surface area contributed by atoms with Gasteiger partial charge in [-0.3, -0.25) is 4.79 Å². The number of fused-ring (bicyclic) bond motifs is 3. The average Bonchev–Trinajstić information content (AvgIpc) is 3.10. The molecule has 2 heterocycles. The molecule has 2 N–H and O–H groups in total. The van der Waals surface area contributed by atoms with Crippen molar-refractivity contribution >= 4 is 23.2 Å². The van der Waals surface area contributed by atoms with E-state index in [1.54, 1.807) is 0 Å². The quantitative estimate of drug-likeness (QED) is 0.635. The minimum Gasteiger partial charge on any atom is -0.486 e. The zero-order chi connectivity index (χ0) is 20.3. The Labute approximate surface area is 175 Å². The van der Waals surface area contributed by atoms with Gasteiger partial charge in [0.15, 0.2) is 11.5 Å². The van der Waals surface area contributed by atoms with Crippen molar-refractivity contribution in [3.8, 4) is 11.5 Å². The summed E-state index contributed by atoms with van der Waals surface area (Å²) in [5, 5.41) is 6.37. The first-order valence-electron chi connectivity index (χ1n) is 10.1. The van der Waals surface area contributed by atoms with Crippen LogP contribution < -0.4 is 20.1 Å². The van der Waals surface area contributed by atoms with E-state index in [1.165, 1.54) is 5.56 Å². The van der Waals surface area contributed by atoms with Gasteiger partial charge in [-0.25, -0.2) is 0 Å². The summed E-state index contributed by atoms with van der Waals surface area (Å²) in [5.74, 6) is 1.17. The minimum absolute atomic E-state index is 0.129. The third-order valence-corrected chi connectivity index (χ3v) is 5.25. The number of amides is 1. The van der Waals surface area contributed by atoms with Crippen LogP contribution in [0.25, 0.3) is 11.6 Å². The van der Waals surface area contributed by atoms with E-state index in [0.717, 1.165) is 23.4 Å². The number of carbonyl (C=O) groups is 1. The van der Waals surface area contributed by atoms with E-state index in [-0.39, 0.29) is 12.0 Å². The van der Waals surface area contributed by atoms with Crippen LogP contribution in [0.15, 0.2) is 72.8 Å². The number of anilines is 1.